The van der Waals surface area contributed by atoms with Crippen LogP contribution >= 0.6 is 24.0 Å². The number of halogens is 2. The van der Waals surface area contributed by atoms with Gasteiger partial charge in [0, 0.05) is 0 Å². The molecule has 1 rings (SSSR count). The van der Waals surface area contributed by atoms with E-state index in [1.54, 1.807) is 0 Å². The van der Waals surface area contributed by atoms with E-state index < -0.39 is 0 Å². The van der Waals surface area contributed by atoms with Gasteiger partial charge < -0.3 is 11.1 Å². The summed E-state index contributed by atoms with van der Waals surface area (Å²) in [5.41, 5.74) is 7.16. The zero-order valence-corrected chi connectivity index (χ0v) is 8.32. The van der Waals surface area contributed by atoms with Gasteiger partial charge in [-0.25, -0.2) is 0 Å². The predicted octanol–water partition coefficient (Wildman–Crippen LogP) is 2.69. The zero-order valence-electron chi connectivity index (χ0n) is 6.75. The molecule has 4 heteroatoms. The summed E-state index contributed by atoms with van der Waals surface area (Å²) in [6.07, 6.45) is 0. The van der Waals surface area contributed by atoms with Crippen LogP contribution in [0.3, 0.4) is 0 Å². The van der Waals surface area contributed by atoms with Crippen molar-refractivity contribution >= 4 is 35.4 Å². The Bertz CT molecular complexity index is 238. The molecule has 1 unspecified atom stereocenters. The summed E-state index contributed by atoms with van der Waals surface area (Å²) in [6.45, 7) is 1.86. The Morgan fingerprint density at radius 3 is 2.50 bits per heavy atom. The van der Waals surface area contributed by atoms with Crippen LogP contribution in [-0.2, 0) is 0 Å². The fourth-order valence-electron chi connectivity index (χ4n) is 0.843. The standard InChI is InChI=1S/C8H11ClN2.ClH/c1-6(9)11-8-5-3-2-4-7(8)10;/h2-6,11H,10H2,1H3;1H. The molecule has 0 saturated carbocycles. The Balaban J connectivity index is 0.00000121. The van der Waals surface area contributed by atoms with Crippen LogP contribution in [0.25, 0.3) is 0 Å². The van der Waals surface area contributed by atoms with Crippen LogP contribution in [0, 0.1) is 0 Å². The quantitative estimate of drug-likeness (QED) is 0.444. The van der Waals surface area contributed by atoms with Crippen LogP contribution in [0.2, 0.25) is 0 Å². The topological polar surface area (TPSA) is 38.0 Å². The molecule has 0 bridgehead atoms. The third kappa shape index (κ3) is 3.20. The third-order valence-electron chi connectivity index (χ3n) is 1.32. The van der Waals surface area contributed by atoms with E-state index in [2.05, 4.69) is 5.32 Å². The van der Waals surface area contributed by atoms with E-state index in [1.807, 2.05) is 31.2 Å². The van der Waals surface area contributed by atoms with Gasteiger partial charge in [-0.15, -0.1) is 12.4 Å². The number of rotatable bonds is 2. The van der Waals surface area contributed by atoms with Crippen molar-refractivity contribution in [3.8, 4) is 0 Å². The minimum atomic E-state index is -0.0975. The number of anilines is 2. The number of nitrogens with one attached hydrogen (secondary N) is 1. The van der Waals surface area contributed by atoms with Crippen molar-refractivity contribution in [1.82, 2.24) is 0 Å². The molecule has 1 aromatic rings. The lowest BCUT2D eigenvalue weighted by molar-refractivity contribution is 1.11. The Morgan fingerprint density at radius 2 is 2.00 bits per heavy atom. The van der Waals surface area contributed by atoms with E-state index in [-0.39, 0.29) is 17.9 Å². The molecule has 68 valence electrons. The van der Waals surface area contributed by atoms with Gasteiger partial charge in [-0.05, 0) is 19.1 Å². The molecule has 1 atom stereocenters. The van der Waals surface area contributed by atoms with Gasteiger partial charge in [0.05, 0.1) is 16.9 Å². The molecule has 0 aliphatic rings. The molecular formula is C8H12Cl2N2. The Labute approximate surface area is 83.5 Å². The SMILES string of the molecule is CC(Cl)Nc1ccccc1N.Cl. The van der Waals surface area contributed by atoms with Crippen LogP contribution in [0.15, 0.2) is 24.3 Å². The van der Waals surface area contributed by atoms with Gasteiger partial charge in [-0.3, -0.25) is 0 Å². The van der Waals surface area contributed by atoms with Crippen molar-refractivity contribution in [2.24, 2.45) is 0 Å². The summed E-state index contributed by atoms with van der Waals surface area (Å²) in [5, 5.41) is 3.01. The first-order valence-corrected chi connectivity index (χ1v) is 3.89. The molecule has 0 aromatic heterocycles. The van der Waals surface area contributed by atoms with Gasteiger partial charge in [-0.1, -0.05) is 23.7 Å². The van der Waals surface area contributed by atoms with Crippen LogP contribution < -0.4 is 11.1 Å². The fourth-order valence-corrected chi connectivity index (χ4v) is 0.960. The third-order valence-corrected chi connectivity index (χ3v) is 1.42. The molecule has 12 heavy (non-hydrogen) atoms. The van der Waals surface area contributed by atoms with Crippen molar-refractivity contribution < 1.29 is 0 Å². The minimum Gasteiger partial charge on any atom is -0.397 e. The lowest BCUT2D eigenvalue weighted by atomic mass is 10.3. The van der Waals surface area contributed by atoms with Crippen molar-refractivity contribution in [2.45, 2.75) is 12.4 Å². The van der Waals surface area contributed by atoms with Crippen LogP contribution in [-0.4, -0.2) is 5.50 Å². The molecule has 0 spiro atoms. The van der Waals surface area contributed by atoms with E-state index in [1.165, 1.54) is 0 Å². The first-order valence-electron chi connectivity index (χ1n) is 3.45. The van der Waals surface area contributed by atoms with Gasteiger partial charge in [0.25, 0.3) is 0 Å². The first-order chi connectivity index (χ1) is 5.20. The molecule has 0 fully saturated rings. The molecule has 0 saturated heterocycles. The molecule has 0 aliphatic carbocycles. The van der Waals surface area contributed by atoms with Crippen molar-refractivity contribution in [3.63, 3.8) is 0 Å². The Kier molecular flexibility index (Phi) is 4.86. The highest BCUT2D eigenvalue weighted by atomic mass is 35.5. The van der Waals surface area contributed by atoms with Gasteiger partial charge in [0.1, 0.15) is 0 Å². The summed E-state index contributed by atoms with van der Waals surface area (Å²) < 4.78 is 0. The molecule has 0 aliphatic heterocycles. The maximum absolute atomic E-state index is 5.72. The summed E-state index contributed by atoms with van der Waals surface area (Å²) in [4.78, 5) is 0. The van der Waals surface area contributed by atoms with E-state index in [0.29, 0.717) is 0 Å². The second-order valence-corrected chi connectivity index (χ2v) is 3.00. The summed E-state index contributed by atoms with van der Waals surface area (Å²) in [6, 6.07) is 7.53. The molecular weight excluding hydrogens is 195 g/mol. The Morgan fingerprint density at radius 1 is 1.42 bits per heavy atom. The van der Waals surface area contributed by atoms with Crippen molar-refractivity contribution in [3.05, 3.63) is 24.3 Å². The second-order valence-electron chi connectivity index (χ2n) is 2.35. The van der Waals surface area contributed by atoms with Gasteiger partial charge in [0.15, 0.2) is 0 Å². The highest BCUT2D eigenvalue weighted by molar-refractivity contribution is 6.21. The van der Waals surface area contributed by atoms with E-state index in [4.69, 9.17) is 17.3 Å². The number of benzene rings is 1. The van der Waals surface area contributed by atoms with Crippen LogP contribution in [0.1, 0.15) is 6.92 Å². The van der Waals surface area contributed by atoms with Gasteiger partial charge in [-0.2, -0.15) is 0 Å². The van der Waals surface area contributed by atoms with E-state index in [0.717, 1.165) is 11.4 Å². The molecule has 3 N–H and O–H groups in total. The average Bonchev–Trinajstić information content (AvgIpc) is 1.93. The van der Waals surface area contributed by atoms with E-state index >= 15 is 0 Å². The molecule has 0 radical (unpaired) electrons. The molecule has 0 amide bonds. The number of alkyl halides is 1. The average molecular weight is 207 g/mol. The highest BCUT2D eigenvalue weighted by Gasteiger charge is 1.98. The monoisotopic (exact) mass is 206 g/mol. The number of hydrogen-bond donors (Lipinski definition) is 2. The molecule has 1 aromatic carbocycles. The smallest absolute Gasteiger partial charge is 0.0984 e. The number of para-hydroxylation sites is 2. The number of nitrogen functional groups attached to an aromatic ring is 1. The lowest BCUT2D eigenvalue weighted by Crippen LogP contribution is -2.08. The van der Waals surface area contributed by atoms with Crippen LogP contribution in [0.5, 0.6) is 0 Å². The van der Waals surface area contributed by atoms with Gasteiger partial charge in [0.2, 0.25) is 0 Å². The summed E-state index contributed by atoms with van der Waals surface area (Å²) in [5.74, 6) is 0. The first kappa shape index (κ1) is 11.4. The van der Waals surface area contributed by atoms with Crippen molar-refractivity contribution in [1.29, 1.82) is 0 Å². The molecule has 2 nitrogen and oxygen atoms in total. The predicted molar refractivity (Wildman–Crippen MR) is 57.0 cm³/mol. The van der Waals surface area contributed by atoms with E-state index in [9.17, 15) is 0 Å². The number of nitrogens with two attached hydrogens (primary N) is 1. The minimum absolute atomic E-state index is 0. The second kappa shape index (κ2) is 5.12. The van der Waals surface area contributed by atoms with Gasteiger partial charge >= 0.3 is 0 Å². The van der Waals surface area contributed by atoms with Crippen LogP contribution in [0.4, 0.5) is 11.4 Å². The Hall–Kier alpha value is -0.600. The largest absolute Gasteiger partial charge is 0.397 e. The summed E-state index contributed by atoms with van der Waals surface area (Å²) >= 11 is 5.72. The highest BCUT2D eigenvalue weighted by Crippen LogP contribution is 2.18. The summed E-state index contributed by atoms with van der Waals surface area (Å²) in [7, 11) is 0. The number of hydrogen-bond acceptors (Lipinski definition) is 2. The normalized spacial score (nSPS) is 11.5. The maximum atomic E-state index is 5.72. The van der Waals surface area contributed by atoms with Crippen molar-refractivity contribution in [2.75, 3.05) is 11.1 Å². The molecule has 0 heterocycles. The zero-order chi connectivity index (χ0) is 8.27. The maximum Gasteiger partial charge on any atom is 0.0984 e. The lowest BCUT2D eigenvalue weighted by Gasteiger charge is -2.09. The fraction of sp³-hybridized carbons (Fsp3) is 0.250.